The fraction of sp³-hybridized carbons (Fsp3) is 0.754. The van der Waals surface area contributed by atoms with Gasteiger partial charge in [-0.15, -0.1) is 0 Å². The first-order valence-electron chi connectivity index (χ1n) is 26.5. The first kappa shape index (κ1) is 59.3. The molecule has 0 aliphatic heterocycles. The Labute approximate surface area is 385 Å². The molecule has 5 heteroatoms. The van der Waals surface area contributed by atoms with Crippen molar-refractivity contribution in [2.24, 2.45) is 0 Å². The van der Waals surface area contributed by atoms with E-state index in [2.05, 4.69) is 93.7 Å². The highest BCUT2D eigenvalue weighted by Gasteiger charge is 2.17. The zero-order chi connectivity index (χ0) is 44.9. The quantitative estimate of drug-likeness (QED) is 0.0346. The van der Waals surface area contributed by atoms with Crippen molar-refractivity contribution in [2.75, 3.05) is 19.8 Å². The van der Waals surface area contributed by atoms with Gasteiger partial charge in [0, 0.05) is 19.4 Å². The van der Waals surface area contributed by atoms with Gasteiger partial charge in [0.15, 0.2) is 6.10 Å². The maximum atomic E-state index is 12.8. The van der Waals surface area contributed by atoms with Gasteiger partial charge < -0.3 is 14.2 Å². The van der Waals surface area contributed by atoms with Gasteiger partial charge in [-0.3, -0.25) is 9.59 Å². The van der Waals surface area contributed by atoms with E-state index < -0.39 is 6.10 Å². The topological polar surface area (TPSA) is 61.8 Å². The van der Waals surface area contributed by atoms with Crippen molar-refractivity contribution in [1.29, 1.82) is 0 Å². The van der Waals surface area contributed by atoms with Gasteiger partial charge in [-0.25, -0.2) is 0 Å². The molecular weight excluding hydrogens is 765 g/mol. The lowest BCUT2D eigenvalue weighted by molar-refractivity contribution is -0.163. The number of allylic oxidation sites excluding steroid dienone is 12. The Balaban J connectivity index is 4.35. The number of rotatable bonds is 48. The summed E-state index contributed by atoms with van der Waals surface area (Å²) >= 11 is 0. The van der Waals surface area contributed by atoms with Crippen molar-refractivity contribution in [3.63, 3.8) is 0 Å². The maximum Gasteiger partial charge on any atom is 0.306 e. The fourth-order valence-corrected chi connectivity index (χ4v) is 7.31. The lowest BCUT2D eigenvalue weighted by atomic mass is 10.0. The van der Waals surface area contributed by atoms with Crippen LogP contribution in [0.25, 0.3) is 0 Å². The van der Waals surface area contributed by atoms with Crippen LogP contribution in [0.4, 0.5) is 0 Å². The molecule has 0 spiro atoms. The minimum Gasteiger partial charge on any atom is -0.462 e. The number of hydrogen-bond donors (Lipinski definition) is 0. The van der Waals surface area contributed by atoms with Gasteiger partial charge in [0.05, 0.1) is 6.61 Å². The van der Waals surface area contributed by atoms with E-state index in [9.17, 15) is 9.59 Å². The number of hydrogen-bond acceptors (Lipinski definition) is 5. The molecule has 1 unspecified atom stereocenters. The molecule has 0 aliphatic carbocycles. The van der Waals surface area contributed by atoms with Crippen LogP contribution in [0.2, 0.25) is 0 Å². The fourth-order valence-electron chi connectivity index (χ4n) is 7.31. The molecule has 0 saturated heterocycles. The molecule has 0 bridgehead atoms. The van der Waals surface area contributed by atoms with E-state index in [-0.39, 0.29) is 25.2 Å². The second-order valence-electron chi connectivity index (χ2n) is 17.4. The van der Waals surface area contributed by atoms with Crippen LogP contribution in [-0.2, 0) is 23.8 Å². The van der Waals surface area contributed by atoms with Crippen LogP contribution in [0.15, 0.2) is 72.9 Å². The second kappa shape index (κ2) is 52.7. The molecule has 1 atom stereocenters. The van der Waals surface area contributed by atoms with Gasteiger partial charge in [-0.1, -0.05) is 229 Å². The zero-order valence-electron chi connectivity index (χ0n) is 41.1. The summed E-state index contributed by atoms with van der Waals surface area (Å²) in [6, 6.07) is 0. The summed E-state index contributed by atoms with van der Waals surface area (Å²) in [5, 5.41) is 0. The van der Waals surface area contributed by atoms with Gasteiger partial charge in [0.1, 0.15) is 6.61 Å². The SMILES string of the molecule is CC/C=C\C/C=C\C/C=C\C/C=C\C/C=C\CCCC(=O)OCC(COCCCCCCCC/C=C\CCCCCC)OC(=O)CCCCCCCCCCCCCCCCC. The first-order valence-corrected chi connectivity index (χ1v) is 26.5. The summed E-state index contributed by atoms with van der Waals surface area (Å²) in [5.41, 5.74) is 0. The predicted octanol–water partition coefficient (Wildman–Crippen LogP) is 17.9. The number of carbonyl (C=O) groups is 2. The van der Waals surface area contributed by atoms with Crippen LogP contribution in [-0.4, -0.2) is 37.9 Å². The Bertz CT molecular complexity index is 1110. The average molecular weight is 865 g/mol. The molecule has 0 saturated carbocycles. The molecule has 0 amide bonds. The standard InChI is InChI=1S/C57H100O5/c1-4-7-10-13-16-19-22-25-28-29-31-32-35-38-41-44-47-50-56(58)61-54-55(53-60-52-49-46-43-40-37-34-27-24-21-18-15-12-9-6-3)62-57(59)51-48-45-42-39-36-33-30-26-23-20-17-14-11-8-5-2/h7,10,16,19,21,24-25,28,31-32,38,41,55H,4-6,8-9,11-15,17-18,20,22-23,26-27,29-30,33-37,39-40,42-54H2,1-3H3/b10-7-,19-16-,24-21-,28-25-,32-31-,41-38-. The highest BCUT2D eigenvalue weighted by Crippen LogP contribution is 2.15. The number of carbonyl (C=O) groups excluding carboxylic acids is 2. The molecule has 5 nitrogen and oxygen atoms in total. The lowest BCUT2D eigenvalue weighted by Gasteiger charge is -2.18. The molecule has 0 aromatic rings. The van der Waals surface area contributed by atoms with Gasteiger partial charge in [0.2, 0.25) is 0 Å². The minimum atomic E-state index is -0.562. The summed E-state index contributed by atoms with van der Waals surface area (Å²) < 4.78 is 17.4. The molecule has 0 rings (SSSR count). The third-order valence-electron chi connectivity index (χ3n) is 11.2. The molecule has 0 heterocycles. The summed E-state index contributed by atoms with van der Waals surface area (Å²) in [4.78, 5) is 25.4. The van der Waals surface area contributed by atoms with Crippen LogP contribution in [0.1, 0.15) is 252 Å². The monoisotopic (exact) mass is 865 g/mol. The largest absolute Gasteiger partial charge is 0.462 e. The Morgan fingerprint density at radius 3 is 1.24 bits per heavy atom. The molecule has 62 heavy (non-hydrogen) atoms. The van der Waals surface area contributed by atoms with Crippen LogP contribution in [0.3, 0.4) is 0 Å². The van der Waals surface area contributed by atoms with Crippen LogP contribution in [0, 0.1) is 0 Å². The van der Waals surface area contributed by atoms with Crippen LogP contribution in [0.5, 0.6) is 0 Å². The van der Waals surface area contributed by atoms with Crippen molar-refractivity contribution in [1.82, 2.24) is 0 Å². The molecule has 358 valence electrons. The third-order valence-corrected chi connectivity index (χ3v) is 11.2. The van der Waals surface area contributed by atoms with E-state index in [4.69, 9.17) is 14.2 Å². The Morgan fingerprint density at radius 2 is 0.742 bits per heavy atom. The normalized spacial score (nSPS) is 12.8. The molecular formula is C57H100O5. The molecule has 0 aromatic heterocycles. The highest BCUT2D eigenvalue weighted by atomic mass is 16.6. The highest BCUT2D eigenvalue weighted by molar-refractivity contribution is 5.70. The van der Waals surface area contributed by atoms with Crippen molar-refractivity contribution in [3.05, 3.63) is 72.9 Å². The average Bonchev–Trinajstić information content (AvgIpc) is 3.27. The second-order valence-corrected chi connectivity index (χ2v) is 17.4. The summed E-state index contributed by atoms with van der Waals surface area (Å²) in [7, 11) is 0. The van der Waals surface area contributed by atoms with E-state index in [1.807, 2.05) is 0 Å². The van der Waals surface area contributed by atoms with Crippen molar-refractivity contribution < 1.29 is 23.8 Å². The third kappa shape index (κ3) is 50.0. The summed E-state index contributed by atoms with van der Waals surface area (Å²) in [6.45, 7) is 7.65. The van der Waals surface area contributed by atoms with Gasteiger partial charge in [-0.05, 0) is 83.5 Å². The maximum absolute atomic E-state index is 12.8. The van der Waals surface area contributed by atoms with Crippen molar-refractivity contribution >= 4 is 11.9 Å². The van der Waals surface area contributed by atoms with Crippen molar-refractivity contribution in [3.8, 4) is 0 Å². The Hall–Kier alpha value is -2.66. The number of ether oxygens (including phenoxy) is 3. The Morgan fingerprint density at radius 1 is 0.371 bits per heavy atom. The van der Waals surface area contributed by atoms with E-state index in [0.717, 1.165) is 70.6 Å². The summed E-state index contributed by atoms with van der Waals surface area (Å²) in [6.07, 6.45) is 67.7. The van der Waals surface area contributed by atoms with Crippen LogP contribution >= 0.6 is 0 Å². The van der Waals surface area contributed by atoms with Gasteiger partial charge in [-0.2, -0.15) is 0 Å². The first-order chi connectivity index (χ1) is 30.6. The molecule has 0 radical (unpaired) electrons. The number of unbranched alkanes of at least 4 members (excludes halogenated alkanes) is 25. The van der Waals surface area contributed by atoms with E-state index >= 15 is 0 Å². The van der Waals surface area contributed by atoms with E-state index in [1.54, 1.807) is 0 Å². The molecule has 0 fully saturated rings. The van der Waals surface area contributed by atoms with Crippen molar-refractivity contribution in [2.45, 2.75) is 258 Å². The smallest absolute Gasteiger partial charge is 0.306 e. The predicted molar refractivity (Wildman–Crippen MR) is 270 cm³/mol. The van der Waals surface area contributed by atoms with Gasteiger partial charge in [0.25, 0.3) is 0 Å². The summed E-state index contributed by atoms with van der Waals surface area (Å²) in [5.74, 6) is -0.461. The molecule has 0 aliphatic rings. The van der Waals surface area contributed by atoms with Crippen LogP contribution < -0.4 is 0 Å². The van der Waals surface area contributed by atoms with E-state index in [0.29, 0.717) is 19.4 Å². The van der Waals surface area contributed by atoms with Gasteiger partial charge >= 0.3 is 11.9 Å². The molecule has 0 aromatic carbocycles. The zero-order valence-corrected chi connectivity index (χ0v) is 41.1. The van der Waals surface area contributed by atoms with E-state index in [1.165, 1.54) is 148 Å². The molecule has 0 N–H and O–H groups in total. The lowest BCUT2D eigenvalue weighted by Crippen LogP contribution is -2.30. The number of esters is 2. The minimum absolute atomic E-state index is 0.0539. The Kier molecular flexibility index (Phi) is 50.4.